The summed E-state index contributed by atoms with van der Waals surface area (Å²) in [6.07, 6.45) is -1.29. The van der Waals surface area contributed by atoms with Gasteiger partial charge in [-0.1, -0.05) is 0 Å². The van der Waals surface area contributed by atoms with E-state index in [1.165, 1.54) is 24.3 Å². The summed E-state index contributed by atoms with van der Waals surface area (Å²) in [6.45, 7) is 1.11. The highest BCUT2D eigenvalue weighted by atomic mass is 31.2. The summed E-state index contributed by atoms with van der Waals surface area (Å²) in [4.78, 5) is 21.5. The molecule has 0 amide bonds. The van der Waals surface area contributed by atoms with Gasteiger partial charge in [0.15, 0.2) is 17.7 Å². The van der Waals surface area contributed by atoms with Crippen LogP contribution in [0.15, 0.2) is 12.7 Å². The smallest absolute Gasteiger partial charge is 0.325 e. The lowest BCUT2D eigenvalue weighted by Gasteiger charge is -2.21. The fourth-order valence-corrected chi connectivity index (χ4v) is 3.37. The number of aliphatic hydroxyl groups excluding tert-OH is 1. The quantitative estimate of drug-likeness (QED) is 0.596. The Labute approximate surface area is 136 Å². The number of anilines is 1. The van der Waals surface area contributed by atoms with E-state index >= 15 is 0 Å². The van der Waals surface area contributed by atoms with Crippen molar-refractivity contribution in [3.63, 3.8) is 0 Å². The second-order valence-electron chi connectivity index (χ2n) is 5.47. The Morgan fingerprint density at radius 2 is 2.21 bits per heavy atom. The van der Waals surface area contributed by atoms with Gasteiger partial charge in [0, 0.05) is 13.8 Å². The van der Waals surface area contributed by atoms with E-state index in [9.17, 15) is 14.6 Å². The molecular weight excluding hydrogens is 341 g/mol. The van der Waals surface area contributed by atoms with E-state index < -0.39 is 32.1 Å². The normalized spacial score (nSPS) is 29.8. The van der Waals surface area contributed by atoms with Crippen molar-refractivity contribution in [3.05, 3.63) is 12.7 Å². The highest BCUT2D eigenvalue weighted by Crippen LogP contribution is 2.44. The number of hydrogen-bond donors (Lipinski definition) is 3. The first-order valence-electron chi connectivity index (χ1n) is 7.06. The summed E-state index contributed by atoms with van der Waals surface area (Å²) < 4.78 is 29.0. The Balaban J connectivity index is 1.95. The number of nitrogen functional groups attached to an aromatic ring is 1. The minimum atomic E-state index is -3.84. The van der Waals surface area contributed by atoms with Crippen molar-refractivity contribution in [2.45, 2.75) is 24.5 Å². The molecule has 3 rings (SSSR count). The highest BCUT2D eigenvalue weighted by molar-refractivity contribution is 7.51. The maximum Gasteiger partial charge on any atom is 0.325 e. The zero-order valence-electron chi connectivity index (χ0n) is 13.0. The van der Waals surface area contributed by atoms with Crippen molar-refractivity contribution in [3.8, 4) is 0 Å². The number of ether oxygens (including phenoxy) is 2. The third-order valence-electron chi connectivity index (χ3n) is 3.62. The van der Waals surface area contributed by atoms with E-state index in [-0.39, 0.29) is 12.4 Å². The maximum absolute atomic E-state index is 11.6. The molecular formula is C12H18N5O6P. The third kappa shape index (κ3) is 3.14. The molecule has 132 valence electrons. The van der Waals surface area contributed by atoms with Crippen molar-refractivity contribution >= 4 is 24.6 Å². The summed E-state index contributed by atoms with van der Waals surface area (Å²) in [6, 6.07) is 0. The van der Waals surface area contributed by atoms with Crippen LogP contribution in [0.25, 0.3) is 11.2 Å². The van der Waals surface area contributed by atoms with Gasteiger partial charge in [-0.3, -0.25) is 13.7 Å². The lowest BCUT2D eigenvalue weighted by Crippen LogP contribution is -2.35. The molecule has 2 unspecified atom stereocenters. The Hall–Kier alpha value is -1.62. The van der Waals surface area contributed by atoms with Gasteiger partial charge in [0.1, 0.15) is 30.2 Å². The van der Waals surface area contributed by atoms with Crippen molar-refractivity contribution in [1.82, 2.24) is 19.5 Å². The van der Waals surface area contributed by atoms with Crippen molar-refractivity contribution < 1.29 is 28.6 Å². The van der Waals surface area contributed by atoms with Crippen LogP contribution in [0.1, 0.15) is 6.23 Å². The second kappa shape index (κ2) is 6.36. The number of fused-ring (bicyclic) bond motifs is 1. The lowest BCUT2D eigenvalue weighted by atomic mass is 10.1. The second-order valence-corrected chi connectivity index (χ2v) is 7.28. The molecule has 1 saturated heterocycles. The van der Waals surface area contributed by atoms with Crippen molar-refractivity contribution in [1.29, 1.82) is 0 Å². The van der Waals surface area contributed by atoms with E-state index in [0.717, 1.165) is 6.66 Å². The van der Waals surface area contributed by atoms with E-state index in [1.807, 2.05) is 0 Å². The minimum absolute atomic E-state index is 0.0714. The summed E-state index contributed by atoms with van der Waals surface area (Å²) in [7, 11) is -2.39. The minimum Gasteiger partial charge on any atom is -0.386 e. The van der Waals surface area contributed by atoms with Crippen LogP contribution in [-0.2, 0) is 18.6 Å². The predicted octanol–water partition coefficient (Wildman–Crippen LogP) is -0.486. The fourth-order valence-electron chi connectivity index (χ4n) is 2.66. The molecule has 1 fully saturated rings. The van der Waals surface area contributed by atoms with Crippen LogP contribution >= 0.6 is 7.60 Å². The molecule has 11 nitrogen and oxygen atoms in total. The molecule has 5 atom stereocenters. The van der Waals surface area contributed by atoms with E-state index in [2.05, 4.69) is 15.0 Å². The number of aromatic nitrogens is 4. The van der Waals surface area contributed by atoms with Gasteiger partial charge in [0.05, 0.1) is 12.9 Å². The monoisotopic (exact) mass is 359 g/mol. The molecule has 24 heavy (non-hydrogen) atoms. The summed E-state index contributed by atoms with van der Waals surface area (Å²) >= 11 is 0. The summed E-state index contributed by atoms with van der Waals surface area (Å²) in [5, 5.41) is 10.5. The largest absolute Gasteiger partial charge is 0.386 e. The van der Waals surface area contributed by atoms with Gasteiger partial charge in [-0.25, -0.2) is 15.0 Å². The first kappa shape index (κ1) is 17.2. The zero-order valence-corrected chi connectivity index (χ0v) is 13.9. The van der Waals surface area contributed by atoms with Crippen LogP contribution in [-0.4, -0.2) is 68.2 Å². The number of hydrogen-bond acceptors (Lipinski definition) is 9. The number of rotatable bonds is 5. The van der Waals surface area contributed by atoms with Gasteiger partial charge < -0.3 is 25.2 Å². The molecule has 0 spiro atoms. The Morgan fingerprint density at radius 1 is 1.46 bits per heavy atom. The molecule has 0 bridgehead atoms. The Kier molecular flexibility index (Phi) is 4.56. The maximum atomic E-state index is 11.6. The van der Waals surface area contributed by atoms with E-state index in [4.69, 9.17) is 19.7 Å². The van der Waals surface area contributed by atoms with Gasteiger partial charge in [0.2, 0.25) is 0 Å². The molecule has 3 heterocycles. The number of imidazole rings is 1. The van der Waals surface area contributed by atoms with Gasteiger partial charge in [-0.15, -0.1) is 0 Å². The SMILES string of the molecule is COC[C@H]1O[C@@H](n2cnc3c(N)ncnc32)[C@@H](O)C1OP(C)(=O)O. The third-order valence-corrected chi connectivity index (χ3v) is 4.25. The summed E-state index contributed by atoms with van der Waals surface area (Å²) in [5.41, 5.74) is 6.48. The van der Waals surface area contributed by atoms with Crippen LogP contribution < -0.4 is 5.73 Å². The molecule has 2 aromatic rings. The molecule has 0 radical (unpaired) electrons. The topological polar surface area (TPSA) is 155 Å². The van der Waals surface area contributed by atoms with E-state index in [1.54, 1.807) is 0 Å². The average Bonchev–Trinajstić information content (AvgIpc) is 3.03. The van der Waals surface area contributed by atoms with Gasteiger partial charge in [0.25, 0.3) is 0 Å². The van der Waals surface area contributed by atoms with Gasteiger partial charge in [-0.2, -0.15) is 0 Å². The number of nitrogens with two attached hydrogens (primary N) is 1. The first-order chi connectivity index (χ1) is 11.3. The molecule has 4 N–H and O–H groups in total. The fraction of sp³-hybridized carbons (Fsp3) is 0.583. The van der Waals surface area contributed by atoms with Gasteiger partial charge >= 0.3 is 7.60 Å². The van der Waals surface area contributed by atoms with Crippen LogP contribution in [0.2, 0.25) is 0 Å². The average molecular weight is 359 g/mol. The lowest BCUT2D eigenvalue weighted by molar-refractivity contribution is -0.0571. The van der Waals surface area contributed by atoms with Gasteiger partial charge in [-0.05, 0) is 0 Å². The molecule has 1 aliphatic rings. The Bertz CT molecular complexity index is 778. The molecule has 1 aliphatic heterocycles. The molecule has 0 saturated carbocycles. The van der Waals surface area contributed by atoms with Crippen LogP contribution in [0.5, 0.6) is 0 Å². The molecule has 12 heteroatoms. The van der Waals surface area contributed by atoms with Crippen molar-refractivity contribution in [2.75, 3.05) is 26.1 Å². The highest BCUT2D eigenvalue weighted by Gasteiger charge is 2.48. The number of methoxy groups -OCH3 is 1. The standard InChI is InChI=1S/C12H18N5O6P/c1-21-3-6-9(23-24(2,19)20)8(18)12(22-6)17-5-16-7-10(13)14-4-15-11(7)17/h4-6,8-9,12,18H,3H2,1-2H3,(H,19,20)(H2,13,14,15)/t6-,8+,9?,12-/m1/s1. The number of aliphatic hydroxyl groups is 1. The Morgan fingerprint density at radius 3 is 2.88 bits per heavy atom. The zero-order chi connectivity index (χ0) is 17.5. The number of nitrogens with zero attached hydrogens (tertiary/aromatic N) is 4. The molecule has 0 aromatic carbocycles. The van der Waals surface area contributed by atoms with Crippen LogP contribution in [0.3, 0.4) is 0 Å². The summed E-state index contributed by atoms with van der Waals surface area (Å²) in [5.74, 6) is 0.195. The predicted molar refractivity (Wildman–Crippen MR) is 82.2 cm³/mol. The first-order valence-corrected chi connectivity index (χ1v) is 9.08. The molecule has 0 aliphatic carbocycles. The van der Waals surface area contributed by atoms with Crippen LogP contribution in [0, 0.1) is 0 Å². The van der Waals surface area contributed by atoms with E-state index in [0.29, 0.717) is 11.2 Å². The van der Waals surface area contributed by atoms with Crippen LogP contribution in [0.4, 0.5) is 5.82 Å². The van der Waals surface area contributed by atoms with Crippen molar-refractivity contribution in [2.24, 2.45) is 0 Å². The molecule has 2 aromatic heterocycles.